The molecule has 4 saturated carbocycles. The molecule has 6 nitrogen and oxygen atoms in total. The highest BCUT2D eigenvalue weighted by Crippen LogP contribution is 2.55. The number of rotatable bonds is 4. The number of aromatic nitrogens is 2. The van der Waals surface area contributed by atoms with Gasteiger partial charge in [0, 0.05) is 30.9 Å². The lowest BCUT2D eigenvalue weighted by Crippen LogP contribution is -2.60. The van der Waals surface area contributed by atoms with E-state index in [-0.39, 0.29) is 27.8 Å². The van der Waals surface area contributed by atoms with Crippen LogP contribution in [0.2, 0.25) is 0 Å². The fourth-order valence-electron chi connectivity index (χ4n) is 7.24. The Morgan fingerprint density at radius 1 is 1.00 bits per heavy atom. The third-order valence-electron chi connectivity index (χ3n) is 8.44. The highest BCUT2D eigenvalue weighted by Gasteiger charge is 2.51. The molecule has 4 bridgehead atoms. The molecule has 0 radical (unpaired) electrons. The minimum absolute atomic E-state index is 0.0377. The van der Waals surface area contributed by atoms with Crippen LogP contribution in [0.5, 0.6) is 0 Å². The van der Waals surface area contributed by atoms with E-state index in [0.717, 1.165) is 44.5 Å². The number of hydrogen-bond acceptors (Lipinski definition) is 4. The van der Waals surface area contributed by atoms with Gasteiger partial charge in [0.05, 0.1) is 11.1 Å². The fourth-order valence-corrected chi connectivity index (χ4v) is 7.24. The van der Waals surface area contributed by atoms with Gasteiger partial charge in [0.15, 0.2) is 5.65 Å². The molecule has 1 saturated heterocycles. The van der Waals surface area contributed by atoms with E-state index in [2.05, 4.69) is 10.3 Å². The molecule has 180 valence electrons. The van der Waals surface area contributed by atoms with Crippen molar-refractivity contribution >= 4 is 22.8 Å². The van der Waals surface area contributed by atoms with E-state index >= 15 is 0 Å². The molecule has 3 aromatic rings. The number of nitrogens with one attached hydrogen (secondary N) is 1. The lowest BCUT2D eigenvalue weighted by Gasteiger charge is -2.56. The summed E-state index contributed by atoms with van der Waals surface area (Å²) in [6, 6.07) is 6.66. The Balaban J connectivity index is 1.35. The Hall–Kier alpha value is -3.29. The topological polar surface area (TPSA) is 67.0 Å². The van der Waals surface area contributed by atoms with Crippen LogP contribution in [-0.2, 0) is 0 Å². The molecule has 0 unspecified atom stereocenters. The van der Waals surface area contributed by atoms with Crippen molar-refractivity contribution in [2.45, 2.75) is 44.1 Å². The van der Waals surface area contributed by atoms with Gasteiger partial charge in [-0.25, -0.2) is 13.8 Å². The van der Waals surface area contributed by atoms with Crippen molar-refractivity contribution in [1.82, 2.24) is 14.9 Å². The number of nitrogens with zero attached hydrogens (tertiary/aromatic N) is 3. The molecule has 1 N–H and O–H groups in total. The molecular weight excluding hydrogens is 450 g/mol. The summed E-state index contributed by atoms with van der Waals surface area (Å²) in [7, 11) is 0. The molecule has 5 fully saturated rings. The van der Waals surface area contributed by atoms with Gasteiger partial charge in [0.1, 0.15) is 23.0 Å². The molecule has 35 heavy (non-hydrogen) atoms. The van der Waals surface area contributed by atoms with Crippen LogP contribution in [0.1, 0.15) is 48.9 Å². The summed E-state index contributed by atoms with van der Waals surface area (Å²) in [5.74, 6) is 0.689. The van der Waals surface area contributed by atoms with Crippen LogP contribution in [0, 0.1) is 29.4 Å². The van der Waals surface area contributed by atoms with Gasteiger partial charge < -0.3 is 10.2 Å². The molecule has 0 spiro atoms. The zero-order valence-electron chi connectivity index (χ0n) is 19.3. The minimum Gasteiger partial charge on any atom is -0.353 e. The molecule has 8 rings (SSSR count). The first-order valence-electron chi connectivity index (χ1n) is 12.5. The summed E-state index contributed by atoms with van der Waals surface area (Å²) in [4.78, 5) is 33.7. The second-order valence-electron chi connectivity index (χ2n) is 11.0. The van der Waals surface area contributed by atoms with E-state index in [4.69, 9.17) is 0 Å². The predicted molar refractivity (Wildman–Crippen MR) is 128 cm³/mol. The predicted octanol–water partition coefficient (Wildman–Crippen LogP) is 4.18. The Labute approximate surface area is 201 Å². The summed E-state index contributed by atoms with van der Waals surface area (Å²) in [6.07, 6.45) is 7.97. The van der Waals surface area contributed by atoms with Gasteiger partial charge in [0.2, 0.25) is 5.43 Å². The van der Waals surface area contributed by atoms with E-state index in [0.29, 0.717) is 23.6 Å². The van der Waals surface area contributed by atoms with Crippen LogP contribution < -0.4 is 15.6 Å². The number of amides is 1. The fraction of sp³-hybridized carbons (Fsp3) is 0.444. The van der Waals surface area contributed by atoms with Crippen LogP contribution in [0.3, 0.4) is 0 Å². The second-order valence-corrected chi connectivity index (χ2v) is 11.0. The van der Waals surface area contributed by atoms with Crippen LogP contribution in [-0.4, -0.2) is 34.1 Å². The Morgan fingerprint density at radius 2 is 1.69 bits per heavy atom. The van der Waals surface area contributed by atoms with Gasteiger partial charge in [-0.3, -0.25) is 14.2 Å². The molecule has 2 aromatic heterocycles. The lowest BCUT2D eigenvalue weighted by molar-refractivity contribution is -0.0167. The van der Waals surface area contributed by atoms with Crippen molar-refractivity contribution in [3.63, 3.8) is 0 Å². The van der Waals surface area contributed by atoms with Crippen molar-refractivity contribution in [3.8, 4) is 5.69 Å². The number of hydrogen-bond donors (Lipinski definition) is 1. The SMILES string of the molecule is O=C(NC12CC3CC(CC(C3)C1)C2)c1cn(-c2ccc(F)cc2F)c2nc(N3CC3)ccc2c1=O. The normalized spacial score (nSPS) is 28.5. The van der Waals surface area contributed by atoms with Gasteiger partial charge >= 0.3 is 0 Å². The van der Waals surface area contributed by atoms with E-state index in [1.807, 2.05) is 4.90 Å². The molecule has 0 atom stereocenters. The van der Waals surface area contributed by atoms with Gasteiger partial charge in [-0.2, -0.15) is 0 Å². The van der Waals surface area contributed by atoms with Crippen molar-refractivity contribution < 1.29 is 13.6 Å². The van der Waals surface area contributed by atoms with Crippen molar-refractivity contribution in [3.05, 3.63) is 63.9 Å². The highest BCUT2D eigenvalue weighted by atomic mass is 19.1. The molecule has 1 amide bonds. The van der Waals surface area contributed by atoms with E-state index in [1.54, 1.807) is 12.1 Å². The maximum atomic E-state index is 14.9. The van der Waals surface area contributed by atoms with Gasteiger partial charge in [0.25, 0.3) is 5.91 Å². The van der Waals surface area contributed by atoms with Crippen molar-refractivity contribution in [2.24, 2.45) is 17.8 Å². The van der Waals surface area contributed by atoms with E-state index in [1.165, 1.54) is 36.1 Å². The monoisotopic (exact) mass is 476 g/mol. The van der Waals surface area contributed by atoms with Crippen LogP contribution in [0.15, 0.2) is 41.3 Å². The summed E-state index contributed by atoms with van der Waals surface area (Å²) < 4.78 is 29.9. The zero-order valence-corrected chi connectivity index (χ0v) is 19.3. The highest BCUT2D eigenvalue weighted by molar-refractivity contribution is 5.98. The summed E-state index contributed by atoms with van der Waals surface area (Å²) in [5.41, 5.74) is -0.448. The molecule has 4 aliphatic carbocycles. The average molecular weight is 477 g/mol. The molecule has 1 aromatic carbocycles. The summed E-state index contributed by atoms with van der Waals surface area (Å²) in [5, 5.41) is 3.49. The van der Waals surface area contributed by atoms with E-state index < -0.39 is 23.0 Å². The lowest BCUT2D eigenvalue weighted by atomic mass is 9.53. The number of carbonyl (C=O) groups is 1. The van der Waals surface area contributed by atoms with Gasteiger partial charge in [-0.1, -0.05) is 0 Å². The number of carbonyl (C=O) groups excluding carboxylic acids is 1. The molecular formula is C27H26F2N4O2. The maximum absolute atomic E-state index is 14.9. The minimum atomic E-state index is -0.790. The second kappa shape index (κ2) is 7.35. The molecule has 5 aliphatic rings. The molecule has 1 aliphatic heterocycles. The third-order valence-corrected chi connectivity index (χ3v) is 8.44. The van der Waals surface area contributed by atoms with Crippen LogP contribution >= 0.6 is 0 Å². The van der Waals surface area contributed by atoms with Gasteiger partial charge in [-0.05, 0) is 80.5 Å². The van der Waals surface area contributed by atoms with Crippen molar-refractivity contribution in [2.75, 3.05) is 18.0 Å². The average Bonchev–Trinajstić information content (AvgIpc) is 3.64. The molecule has 8 heteroatoms. The number of halogens is 2. The Morgan fingerprint density at radius 3 is 2.31 bits per heavy atom. The third kappa shape index (κ3) is 3.45. The van der Waals surface area contributed by atoms with Crippen molar-refractivity contribution in [1.29, 1.82) is 0 Å². The largest absolute Gasteiger partial charge is 0.353 e. The first-order chi connectivity index (χ1) is 16.9. The summed E-state index contributed by atoms with van der Waals surface area (Å²) in [6.45, 7) is 1.72. The smallest absolute Gasteiger partial charge is 0.257 e. The van der Waals surface area contributed by atoms with Crippen LogP contribution in [0.25, 0.3) is 16.7 Å². The maximum Gasteiger partial charge on any atom is 0.257 e. The number of benzene rings is 1. The number of pyridine rings is 2. The first-order valence-corrected chi connectivity index (χ1v) is 12.5. The van der Waals surface area contributed by atoms with Crippen LogP contribution in [0.4, 0.5) is 14.6 Å². The number of fused-ring (bicyclic) bond motifs is 1. The zero-order chi connectivity index (χ0) is 23.9. The van der Waals surface area contributed by atoms with E-state index in [9.17, 15) is 18.4 Å². The Bertz CT molecular complexity index is 1410. The quantitative estimate of drug-likeness (QED) is 0.574. The standard InChI is InChI=1S/C27H26F2N4O2/c28-18-1-3-22(21(29)10-18)33-14-20(24(34)19-2-4-23(30-25(19)33)32-5-6-32)26(35)31-27-11-15-7-16(12-27)9-17(8-15)13-27/h1-4,10,14-17H,5-9,11-13H2,(H,31,35). The first kappa shape index (κ1) is 21.0. The molecule has 3 heterocycles. The van der Waals surface area contributed by atoms with Gasteiger partial charge in [-0.15, -0.1) is 0 Å². The summed E-state index contributed by atoms with van der Waals surface area (Å²) >= 11 is 0. The Kier molecular flexibility index (Phi) is 4.42. The number of anilines is 1.